The molecule has 0 bridgehead atoms. The first-order chi connectivity index (χ1) is 12.6. The summed E-state index contributed by atoms with van der Waals surface area (Å²) in [5.74, 6) is -0.889. The van der Waals surface area contributed by atoms with Crippen LogP contribution in [-0.2, 0) is 16.1 Å². The molecule has 0 radical (unpaired) electrons. The number of carbonyl (C=O) groups is 2. The van der Waals surface area contributed by atoms with Crippen LogP contribution in [0, 0.1) is 17.7 Å². The van der Waals surface area contributed by atoms with Gasteiger partial charge in [-0.05, 0) is 49.9 Å². The Hall–Kier alpha value is -2.76. The van der Waals surface area contributed by atoms with Gasteiger partial charge in [-0.2, -0.15) is 0 Å². The third-order valence-electron chi connectivity index (χ3n) is 4.77. The minimum Gasteiger partial charge on any atom is -0.350 e. The van der Waals surface area contributed by atoms with E-state index in [4.69, 9.17) is 0 Å². The van der Waals surface area contributed by atoms with Crippen molar-refractivity contribution in [2.75, 3.05) is 5.32 Å². The number of hydrogen-bond donors (Lipinski definition) is 2. The molecule has 0 unspecified atom stereocenters. The van der Waals surface area contributed by atoms with Crippen molar-refractivity contribution in [3.05, 3.63) is 60.2 Å². The molecular formula is C20H22FN3O2. The lowest BCUT2D eigenvalue weighted by Gasteiger charge is -2.27. The number of anilines is 1. The Bertz CT molecular complexity index is 759. The first-order valence-electron chi connectivity index (χ1n) is 8.86. The van der Waals surface area contributed by atoms with Gasteiger partial charge < -0.3 is 10.6 Å². The maximum atomic E-state index is 13.6. The first kappa shape index (κ1) is 18.0. The van der Waals surface area contributed by atoms with Gasteiger partial charge in [-0.25, -0.2) is 4.39 Å². The van der Waals surface area contributed by atoms with Gasteiger partial charge in [0.05, 0.1) is 17.9 Å². The smallest absolute Gasteiger partial charge is 0.227 e. The van der Waals surface area contributed by atoms with E-state index in [-0.39, 0.29) is 29.3 Å². The average molecular weight is 355 g/mol. The van der Waals surface area contributed by atoms with Gasteiger partial charge in [-0.3, -0.25) is 14.6 Å². The number of carbonyl (C=O) groups excluding carboxylic acids is 2. The Labute approximate surface area is 152 Å². The van der Waals surface area contributed by atoms with Gasteiger partial charge in [0.2, 0.25) is 11.8 Å². The summed E-state index contributed by atoms with van der Waals surface area (Å²) < 4.78 is 13.6. The van der Waals surface area contributed by atoms with Crippen LogP contribution in [0.3, 0.4) is 0 Å². The Balaban J connectivity index is 1.45. The second-order valence-electron chi connectivity index (χ2n) is 6.56. The van der Waals surface area contributed by atoms with Crippen molar-refractivity contribution in [1.82, 2.24) is 10.3 Å². The minimum atomic E-state index is -0.441. The van der Waals surface area contributed by atoms with Gasteiger partial charge >= 0.3 is 0 Å². The molecule has 1 aromatic carbocycles. The van der Waals surface area contributed by atoms with Crippen molar-refractivity contribution in [2.45, 2.75) is 32.2 Å². The fourth-order valence-electron chi connectivity index (χ4n) is 3.24. The van der Waals surface area contributed by atoms with Crippen LogP contribution in [0.25, 0.3) is 0 Å². The molecule has 6 heteroatoms. The molecule has 26 heavy (non-hydrogen) atoms. The molecule has 5 nitrogen and oxygen atoms in total. The monoisotopic (exact) mass is 355 g/mol. The highest BCUT2D eigenvalue weighted by molar-refractivity contribution is 5.92. The second-order valence-corrected chi connectivity index (χ2v) is 6.56. The molecule has 1 saturated carbocycles. The molecule has 1 aliphatic rings. The zero-order chi connectivity index (χ0) is 18.4. The quantitative estimate of drug-likeness (QED) is 0.865. The van der Waals surface area contributed by atoms with Crippen LogP contribution in [0.15, 0.2) is 48.7 Å². The van der Waals surface area contributed by atoms with Gasteiger partial charge in [0.25, 0.3) is 0 Å². The van der Waals surface area contributed by atoms with Gasteiger partial charge in [0, 0.05) is 18.0 Å². The zero-order valence-corrected chi connectivity index (χ0v) is 14.5. The molecule has 136 valence electrons. The number of nitrogens with one attached hydrogen (secondary N) is 2. The lowest BCUT2D eigenvalue weighted by atomic mass is 9.81. The molecule has 3 rings (SSSR count). The summed E-state index contributed by atoms with van der Waals surface area (Å²) in [6.07, 6.45) is 4.26. The molecule has 1 fully saturated rings. The van der Waals surface area contributed by atoms with Crippen molar-refractivity contribution in [2.24, 2.45) is 11.8 Å². The second kappa shape index (κ2) is 8.56. The van der Waals surface area contributed by atoms with Crippen LogP contribution < -0.4 is 10.6 Å². The van der Waals surface area contributed by atoms with E-state index in [1.807, 2.05) is 18.2 Å². The molecular weight excluding hydrogens is 333 g/mol. The standard InChI is InChI=1S/C20H22FN3O2/c21-17-6-1-2-7-18(17)24-20(26)15-10-8-14(9-11-15)19(25)23-13-16-5-3-4-12-22-16/h1-7,12,14-15H,8-11,13H2,(H,23,25)(H,24,26). The summed E-state index contributed by atoms with van der Waals surface area (Å²) in [7, 11) is 0. The zero-order valence-electron chi connectivity index (χ0n) is 14.5. The van der Waals surface area contributed by atoms with Gasteiger partial charge in [0.15, 0.2) is 0 Å². The summed E-state index contributed by atoms with van der Waals surface area (Å²) in [5, 5.41) is 5.56. The predicted octanol–water partition coefficient (Wildman–Crippen LogP) is 3.28. The summed E-state index contributed by atoms with van der Waals surface area (Å²) >= 11 is 0. The Morgan fingerprint density at radius 3 is 2.27 bits per heavy atom. The maximum absolute atomic E-state index is 13.6. The van der Waals surface area contributed by atoms with Crippen LogP contribution in [0.5, 0.6) is 0 Å². The SMILES string of the molecule is O=C(NCc1ccccn1)C1CCC(C(=O)Nc2ccccc2F)CC1. The summed E-state index contributed by atoms with van der Waals surface area (Å²) in [6, 6.07) is 11.7. The number of nitrogens with zero attached hydrogens (tertiary/aromatic N) is 1. The summed E-state index contributed by atoms with van der Waals surface area (Å²) in [4.78, 5) is 28.8. The van der Waals surface area contributed by atoms with Crippen molar-refractivity contribution < 1.29 is 14.0 Å². The van der Waals surface area contributed by atoms with E-state index >= 15 is 0 Å². The molecule has 0 atom stereocenters. The van der Waals surface area contributed by atoms with Crippen LogP contribution in [0.1, 0.15) is 31.4 Å². The highest BCUT2D eigenvalue weighted by Crippen LogP contribution is 2.30. The Kier molecular flexibility index (Phi) is 5.94. The first-order valence-corrected chi connectivity index (χ1v) is 8.86. The molecule has 2 aromatic rings. The van der Waals surface area contributed by atoms with Gasteiger partial charge in [0.1, 0.15) is 5.82 Å². The lowest BCUT2D eigenvalue weighted by molar-refractivity contribution is -0.128. The van der Waals surface area contributed by atoms with E-state index in [1.165, 1.54) is 6.07 Å². The molecule has 0 saturated heterocycles. The maximum Gasteiger partial charge on any atom is 0.227 e. The third-order valence-corrected chi connectivity index (χ3v) is 4.77. The van der Waals surface area contributed by atoms with E-state index < -0.39 is 5.82 Å². The minimum absolute atomic E-state index is 0.00335. The van der Waals surface area contributed by atoms with E-state index in [9.17, 15) is 14.0 Å². The van der Waals surface area contributed by atoms with Gasteiger partial charge in [-0.1, -0.05) is 18.2 Å². The number of halogens is 1. The molecule has 1 heterocycles. The molecule has 1 aromatic heterocycles. The normalized spacial score (nSPS) is 19.6. The number of rotatable bonds is 5. The summed E-state index contributed by atoms with van der Waals surface area (Å²) in [6.45, 7) is 0.410. The molecule has 1 aliphatic carbocycles. The Morgan fingerprint density at radius 2 is 1.62 bits per heavy atom. The molecule has 0 aliphatic heterocycles. The van der Waals surface area contributed by atoms with Crippen LogP contribution >= 0.6 is 0 Å². The van der Waals surface area contributed by atoms with Crippen LogP contribution in [0.4, 0.5) is 10.1 Å². The number of pyridine rings is 1. The average Bonchev–Trinajstić information content (AvgIpc) is 2.69. The van der Waals surface area contributed by atoms with E-state index in [2.05, 4.69) is 15.6 Å². The summed E-state index contributed by atoms with van der Waals surface area (Å²) in [5.41, 5.74) is 1.02. The van der Waals surface area contributed by atoms with Crippen molar-refractivity contribution in [3.63, 3.8) is 0 Å². The molecule has 0 spiro atoms. The Morgan fingerprint density at radius 1 is 0.962 bits per heavy atom. The number of para-hydroxylation sites is 1. The van der Waals surface area contributed by atoms with Gasteiger partial charge in [-0.15, -0.1) is 0 Å². The number of aromatic nitrogens is 1. The van der Waals surface area contributed by atoms with Crippen molar-refractivity contribution in [1.29, 1.82) is 0 Å². The van der Waals surface area contributed by atoms with E-state index in [0.717, 1.165) is 5.69 Å². The predicted molar refractivity (Wildman–Crippen MR) is 96.6 cm³/mol. The fraction of sp³-hybridized carbons (Fsp3) is 0.350. The largest absolute Gasteiger partial charge is 0.350 e. The molecule has 2 amide bonds. The van der Waals surface area contributed by atoms with Crippen molar-refractivity contribution >= 4 is 17.5 Å². The van der Waals surface area contributed by atoms with Crippen molar-refractivity contribution in [3.8, 4) is 0 Å². The number of amides is 2. The number of hydrogen-bond acceptors (Lipinski definition) is 3. The third kappa shape index (κ3) is 4.65. The van der Waals surface area contributed by atoms with Crippen LogP contribution in [0.2, 0.25) is 0 Å². The number of benzene rings is 1. The molecule has 2 N–H and O–H groups in total. The highest BCUT2D eigenvalue weighted by Gasteiger charge is 2.30. The lowest BCUT2D eigenvalue weighted by Crippen LogP contribution is -2.35. The van der Waals surface area contributed by atoms with E-state index in [0.29, 0.717) is 32.2 Å². The van der Waals surface area contributed by atoms with Crippen LogP contribution in [-0.4, -0.2) is 16.8 Å². The fourth-order valence-corrected chi connectivity index (χ4v) is 3.24. The topological polar surface area (TPSA) is 71.1 Å². The highest BCUT2D eigenvalue weighted by atomic mass is 19.1. The van der Waals surface area contributed by atoms with E-state index in [1.54, 1.807) is 24.4 Å².